The van der Waals surface area contributed by atoms with Gasteiger partial charge < -0.3 is 10.2 Å². The van der Waals surface area contributed by atoms with Gasteiger partial charge in [-0.25, -0.2) is 8.78 Å². The minimum atomic E-state index is -0.843. The van der Waals surface area contributed by atoms with Crippen molar-refractivity contribution in [2.24, 2.45) is 0 Å². The maximum Gasteiger partial charge on any atom is 0.226 e. The fourth-order valence-electron chi connectivity index (χ4n) is 2.33. The van der Waals surface area contributed by atoms with Crippen LogP contribution in [0.4, 0.5) is 20.2 Å². The van der Waals surface area contributed by atoms with Gasteiger partial charge in [-0.15, -0.1) is 0 Å². The largest absolute Gasteiger partial charge is 0.326 e. The number of halogens is 2. The van der Waals surface area contributed by atoms with E-state index < -0.39 is 23.2 Å². The Morgan fingerprint density at radius 2 is 1.71 bits per heavy atom. The van der Waals surface area contributed by atoms with Crippen LogP contribution >= 0.6 is 0 Å². The Kier molecular flexibility index (Phi) is 5.63. The molecule has 0 fully saturated rings. The lowest BCUT2D eigenvalue weighted by molar-refractivity contribution is -0.117. The standard InChI is InChI=1S/C18H18F2N2O2/c1-12-5-3-6-14(11-12)21-17(24)9-10-22(13(2)23)18-15(19)7-4-8-16(18)20/h3-8,11H,9-10H2,1-2H3,(H,21,24). The van der Waals surface area contributed by atoms with E-state index in [2.05, 4.69) is 5.32 Å². The van der Waals surface area contributed by atoms with E-state index >= 15 is 0 Å². The number of hydrogen-bond acceptors (Lipinski definition) is 2. The van der Waals surface area contributed by atoms with Gasteiger partial charge in [0.25, 0.3) is 0 Å². The number of para-hydroxylation sites is 1. The average Bonchev–Trinajstić information content (AvgIpc) is 2.49. The third-order valence-electron chi connectivity index (χ3n) is 3.45. The number of amides is 2. The molecule has 0 spiro atoms. The molecule has 2 aromatic rings. The lowest BCUT2D eigenvalue weighted by Crippen LogP contribution is -2.33. The third-order valence-corrected chi connectivity index (χ3v) is 3.45. The number of aryl methyl sites for hydroxylation is 1. The van der Waals surface area contributed by atoms with E-state index in [1.54, 1.807) is 12.1 Å². The molecule has 0 saturated carbocycles. The molecule has 6 heteroatoms. The number of rotatable bonds is 5. The lowest BCUT2D eigenvalue weighted by Gasteiger charge is -2.22. The first-order chi connectivity index (χ1) is 11.4. The first-order valence-corrected chi connectivity index (χ1v) is 7.47. The summed E-state index contributed by atoms with van der Waals surface area (Å²) in [6.45, 7) is 2.98. The zero-order valence-electron chi connectivity index (χ0n) is 13.5. The van der Waals surface area contributed by atoms with Crippen molar-refractivity contribution in [1.29, 1.82) is 0 Å². The minimum Gasteiger partial charge on any atom is -0.326 e. The van der Waals surface area contributed by atoms with Gasteiger partial charge in [-0.3, -0.25) is 9.59 Å². The van der Waals surface area contributed by atoms with Gasteiger partial charge >= 0.3 is 0 Å². The van der Waals surface area contributed by atoms with E-state index in [4.69, 9.17) is 0 Å². The topological polar surface area (TPSA) is 49.4 Å². The molecule has 0 heterocycles. The van der Waals surface area contributed by atoms with Crippen LogP contribution in [0.2, 0.25) is 0 Å². The Morgan fingerprint density at radius 3 is 2.29 bits per heavy atom. The summed E-state index contributed by atoms with van der Waals surface area (Å²) >= 11 is 0. The van der Waals surface area contributed by atoms with Crippen LogP contribution < -0.4 is 10.2 Å². The molecule has 0 atom stereocenters. The molecule has 0 aliphatic carbocycles. The maximum atomic E-state index is 13.8. The number of anilines is 2. The molecule has 24 heavy (non-hydrogen) atoms. The molecule has 0 bridgehead atoms. The highest BCUT2D eigenvalue weighted by Gasteiger charge is 2.20. The van der Waals surface area contributed by atoms with E-state index in [9.17, 15) is 18.4 Å². The van der Waals surface area contributed by atoms with Crippen LogP contribution in [0.3, 0.4) is 0 Å². The Balaban J connectivity index is 2.07. The van der Waals surface area contributed by atoms with Crippen molar-refractivity contribution in [3.8, 4) is 0 Å². The minimum absolute atomic E-state index is 0.0820. The van der Waals surface area contributed by atoms with Crippen molar-refractivity contribution < 1.29 is 18.4 Å². The van der Waals surface area contributed by atoms with Crippen LogP contribution in [0.1, 0.15) is 18.9 Å². The lowest BCUT2D eigenvalue weighted by atomic mass is 10.2. The van der Waals surface area contributed by atoms with Crippen LogP contribution in [0.15, 0.2) is 42.5 Å². The van der Waals surface area contributed by atoms with E-state index in [1.165, 1.54) is 13.0 Å². The van der Waals surface area contributed by atoms with Crippen molar-refractivity contribution >= 4 is 23.2 Å². The highest BCUT2D eigenvalue weighted by molar-refractivity contribution is 5.95. The summed E-state index contributed by atoms with van der Waals surface area (Å²) in [5, 5.41) is 2.69. The van der Waals surface area contributed by atoms with Gasteiger partial charge in [0.2, 0.25) is 11.8 Å². The van der Waals surface area contributed by atoms with E-state index in [0.717, 1.165) is 22.6 Å². The average molecular weight is 332 g/mol. The molecule has 0 aliphatic rings. The Bertz CT molecular complexity index is 742. The predicted molar refractivity (Wildman–Crippen MR) is 88.8 cm³/mol. The predicted octanol–water partition coefficient (Wildman–Crippen LogP) is 3.65. The molecule has 126 valence electrons. The summed E-state index contributed by atoms with van der Waals surface area (Å²) in [4.78, 5) is 24.7. The second-order valence-electron chi connectivity index (χ2n) is 5.41. The molecule has 1 N–H and O–H groups in total. The number of nitrogens with zero attached hydrogens (tertiary/aromatic N) is 1. The number of nitrogens with one attached hydrogen (secondary N) is 1. The van der Waals surface area contributed by atoms with Crippen LogP contribution in [0, 0.1) is 18.6 Å². The van der Waals surface area contributed by atoms with Crippen LogP contribution in [-0.2, 0) is 9.59 Å². The fraction of sp³-hybridized carbons (Fsp3) is 0.222. The number of carbonyl (C=O) groups excluding carboxylic acids is 2. The molecule has 2 aromatic carbocycles. The van der Waals surface area contributed by atoms with Crippen molar-refractivity contribution in [2.45, 2.75) is 20.3 Å². The van der Waals surface area contributed by atoms with Gasteiger partial charge in [0.15, 0.2) is 0 Å². The highest BCUT2D eigenvalue weighted by Crippen LogP contribution is 2.23. The second kappa shape index (κ2) is 7.68. The Labute approximate surface area is 139 Å². The van der Waals surface area contributed by atoms with Gasteiger partial charge in [0.05, 0.1) is 0 Å². The molecule has 0 radical (unpaired) electrons. The number of hydrogen-bond donors (Lipinski definition) is 1. The van der Waals surface area contributed by atoms with Gasteiger partial charge in [-0.05, 0) is 36.8 Å². The van der Waals surface area contributed by atoms with Crippen molar-refractivity contribution in [3.05, 3.63) is 59.7 Å². The number of carbonyl (C=O) groups is 2. The normalized spacial score (nSPS) is 10.3. The summed E-state index contributed by atoms with van der Waals surface area (Å²) in [5.41, 5.74) is 1.19. The summed E-state index contributed by atoms with van der Waals surface area (Å²) < 4.78 is 27.7. The molecular weight excluding hydrogens is 314 g/mol. The van der Waals surface area contributed by atoms with Gasteiger partial charge in [-0.1, -0.05) is 18.2 Å². The molecule has 2 amide bonds. The maximum absolute atomic E-state index is 13.8. The molecule has 4 nitrogen and oxygen atoms in total. The van der Waals surface area contributed by atoms with Gasteiger partial charge in [-0.2, -0.15) is 0 Å². The zero-order chi connectivity index (χ0) is 17.7. The van der Waals surface area contributed by atoms with Crippen molar-refractivity contribution in [1.82, 2.24) is 0 Å². The van der Waals surface area contributed by atoms with Crippen LogP contribution in [-0.4, -0.2) is 18.4 Å². The Morgan fingerprint density at radius 1 is 1.08 bits per heavy atom. The van der Waals surface area contributed by atoms with E-state index in [1.807, 2.05) is 19.1 Å². The van der Waals surface area contributed by atoms with Crippen LogP contribution in [0.25, 0.3) is 0 Å². The van der Waals surface area contributed by atoms with Gasteiger partial charge in [0, 0.05) is 25.6 Å². The highest BCUT2D eigenvalue weighted by atomic mass is 19.1. The summed E-state index contributed by atoms with van der Waals surface area (Å²) in [6.07, 6.45) is -0.0820. The first-order valence-electron chi connectivity index (χ1n) is 7.47. The third kappa shape index (κ3) is 4.38. The van der Waals surface area contributed by atoms with Crippen molar-refractivity contribution in [3.63, 3.8) is 0 Å². The molecule has 0 saturated heterocycles. The van der Waals surface area contributed by atoms with Crippen molar-refractivity contribution in [2.75, 3.05) is 16.8 Å². The summed E-state index contributed by atoms with van der Waals surface area (Å²) in [6, 6.07) is 10.6. The second-order valence-corrected chi connectivity index (χ2v) is 5.41. The quantitative estimate of drug-likeness (QED) is 0.908. The fourth-order valence-corrected chi connectivity index (χ4v) is 2.33. The molecule has 0 aliphatic heterocycles. The summed E-state index contributed by atoms with van der Waals surface area (Å²) in [7, 11) is 0. The van der Waals surface area contributed by atoms with Crippen LogP contribution in [0.5, 0.6) is 0 Å². The van der Waals surface area contributed by atoms with E-state index in [0.29, 0.717) is 5.69 Å². The van der Waals surface area contributed by atoms with Gasteiger partial charge in [0.1, 0.15) is 17.3 Å². The zero-order valence-corrected chi connectivity index (χ0v) is 13.5. The summed E-state index contributed by atoms with van der Waals surface area (Å²) in [5.74, 6) is -2.57. The SMILES string of the molecule is CC(=O)N(CCC(=O)Nc1cccc(C)c1)c1c(F)cccc1F. The molecule has 2 rings (SSSR count). The smallest absolute Gasteiger partial charge is 0.226 e. The Hall–Kier alpha value is -2.76. The first kappa shape index (κ1) is 17.6. The number of benzene rings is 2. The molecule has 0 aromatic heterocycles. The molecular formula is C18H18F2N2O2. The van der Waals surface area contributed by atoms with E-state index in [-0.39, 0.29) is 18.9 Å². The molecule has 0 unspecified atom stereocenters. The monoisotopic (exact) mass is 332 g/mol.